The zero-order chi connectivity index (χ0) is 15.5. The van der Waals surface area contributed by atoms with E-state index in [1.807, 2.05) is 13.8 Å². The van der Waals surface area contributed by atoms with Crippen molar-refractivity contribution in [3.05, 3.63) is 11.3 Å². The van der Waals surface area contributed by atoms with Gasteiger partial charge in [-0.05, 0) is 31.3 Å². The highest BCUT2D eigenvalue weighted by Gasteiger charge is 2.38. The molecule has 1 amide bonds. The number of aromatic carboxylic acids is 1. The Balaban J connectivity index is 3.21. The Labute approximate surface area is 122 Å². The Kier molecular flexibility index (Phi) is 5.24. The average molecular weight is 299 g/mol. The number of aryl methyl sites for hydroxylation is 1. The number of hydrogen-bond acceptors (Lipinski definition) is 5. The Hall–Kier alpha value is -1.47. The molecule has 6 nitrogen and oxygen atoms in total. The van der Waals surface area contributed by atoms with Gasteiger partial charge in [0.05, 0.1) is 11.1 Å². The Morgan fingerprint density at radius 3 is 2.35 bits per heavy atom. The number of nitrogens with zero attached hydrogens (tertiary/aromatic N) is 2. The summed E-state index contributed by atoms with van der Waals surface area (Å²) in [6.07, 6.45) is 1.23. The number of aromatic nitrogens is 1. The molecule has 0 fully saturated rings. The van der Waals surface area contributed by atoms with Gasteiger partial charge in [-0.2, -0.15) is 4.37 Å². The number of nitrogens with two attached hydrogens (primary N) is 1. The van der Waals surface area contributed by atoms with Crippen molar-refractivity contribution < 1.29 is 14.7 Å². The van der Waals surface area contributed by atoms with Gasteiger partial charge in [0.1, 0.15) is 10.6 Å². The van der Waals surface area contributed by atoms with Crippen LogP contribution >= 0.6 is 11.5 Å². The predicted molar refractivity (Wildman–Crippen MR) is 79.3 cm³/mol. The smallest absolute Gasteiger partial charge is 0.340 e. The summed E-state index contributed by atoms with van der Waals surface area (Å²) < 4.78 is 4.04. The molecule has 0 aromatic carbocycles. The number of anilines is 1. The molecule has 1 rings (SSSR count). The van der Waals surface area contributed by atoms with Gasteiger partial charge in [-0.1, -0.05) is 13.8 Å². The number of carbonyl (C=O) groups is 2. The maximum absolute atomic E-state index is 12.7. The van der Waals surface area contributed by atoms with Crippen LogP contribution in [0.2, 0.25) is 0 Å². The molecule has 20 heavy (non-hydrogen) atoms. The normalized spacial score (nSPS) is 11.4. The molecule has 0 aliphatic carbocycles. The third-order valence-corrected chi connectivity index (χ3v) is 4.88. The first-order chi connectivity index (χ1) is 9.34. The van der Waals surface area contributed by atoms with Gasteiger partial charge >= 0.3 is 5.97 Å². The number of rotatable bonds is 6. The van der Waals surface area contributed by atoms with Crippen LogP contribution in [0.4, 0.5) is 5.00 Å². The van der Waals surface area contributed by atoms with Gasteiger partial charge in [0, 0.05) is 13.6 Å². The minimum atomic E-state index is -1.07. The third kappa shape index (κ3) is 2.69. The number of carbonyl (C=O) groups excluding carboxylic acids is 1. The average Bonchev–Trinajstić information content (AvgIpc) is 2.82. The molecular weight excluding hydrogens is 278 g/mol. The lowest BCUT2D eigenvalue weighted by atomic mass is 9.81. The highest BCUT2D eigenvalue weighted by molar-refractivity contribution is 7.11. The molecule has 1 aromatic rings. The number of carboxylic acid groups (broad SMARTS) is 1. The summed E-state index contributed by atoms with van der Waals surface area (Å²) >= 11 is 1.02. The second-order valence-corrected chi connectivity index (χ2v) is 5.56. The molecule has 0 bridgehead atoms. The van der Waals surface area contributed by atoms with E-state index in [9.17, 15) is 14.7 Å². The highest BCUT2D eigenvalue weighted by atomic mass is 32.1. The van der Waals surface area contributed by atoms with E-state index >= 15 is 0 Å². The molecule has 1 aromatic heterocycles. The fraction of sp³-hybridized carbons (Fsp3) is 0.615. The predicted octanol–water partition coefficient (Wildman–Crippen LogP) is 1.88. The van der Waals surface area contributed by atoms with Crippen molar-refractivity contribution in [1.82, 2.24) is 4.37 Å². The van der Waals surface area contributed by atoms with Gasteiger partial charge in [-0.25, -0.2) is 4.79 Å². The van der Waals surface area contributed by atoms with Crippen molar-refractivity contribution in [3.8, 4) is 0 Å². The van der Waals surface area contributed by atoms with Gasteiger partial charge in [-0.15, -0.1) is 0 Å². The summed E-state index contributed by atoms with van der Waals surface area (Å²) in [5.41, 5.74) is 5.63. The van der Waals surface area contributed by atoms with E-state index in [1.165, 1.54) is 4.90 Å². The monoisotopic (exact) mass is 299 g/mol. The summed E-state index contributed by atoms with van der Waals surface area (Å²) in [6, 6.07) is 0. The van der Waals surface area contributed by atoms with Crippen LogP contribution < -0.4 is 10.6 Å². The van der Waals surface area contributed by atoms with Gasteiger partial charge in [0.25, 0.3) is 0 Å². The Morgan fingerprint density at radius 1 is 1.40 bits per heavy atom. The van der Waals surface area contributed by atoms with Gasteiger partial charge < -0.3 is 15.7 Å². The van der Waals surface area contributed by atoms with E-state index < -0.39 is 11.4 Å². The van der Waals surface area contributed by atoms with Crippen LogP contribution in [0, 0.1) is 12.3 Å². The lowest BCUT2D eigenvalue weighted by Crippen LogP contribution is -2.46. The van der Waals surface area contributed by atoms with Crippen molar-refractivity contribution in [2.75, 3.05) is 18.5 Å². The highest BCUT2D eigenvalue weighted by Crippen LogP contribution is 2.34. The molecule has 0 saturated heterocycles. The molecule has 0 spiro atoms. The van der Waals surface area contributed by atoms with Crippen LogP contribution in [0.1, 0.15) is 42.7 Å². The second kappa shape index (κ2) is 6.32. The minimum absolute atomic E-state index is 0.0870. The van der Waals surface area contributed by atoms with Crippen molar-refractivity contribution >= 4 is 28.4 Å². The maximum Gasteiger partial charge on any atom is 0.340 e. The molecule has 0 unspecified atom stereocenters. The van der Waals surface area contributed by atoms with Crippen molar-refractivity contribution in [3.63, 3.8) is 0 Å². The molecular formula is C13H21N3O3S. The van der Waals surface area contributed by atoms with Crippen LogP contribution in [-0.4, -0.2) is 34.9 Å². The summed E-state index contributed by atoms with van der Waals surface area (Å²) in [5, 5.41) is 9.61. The molecule has 7 heteroatoms. The minimum Gasteiger partial charge on any atom is -0.478 e. The molecule has 0 saturated carbocycles. The van der Waals surface area contributed by atoms with Crippen LogP contribution in [-0.2, 0) is 4.79 Å². The quantitative estimate of drug-likeness (QED) is 0.836. The van der Waals surface area contributed by atoms with Crippen LogP contribution in [0.3, 0.4) is 0 Å². The Bertz CT molecular complexity index is 501. The third-order valence-electron chi connectivity index (χ3n) is 3.87. The van der Waals surface area contributed by atoms with E-state index in [0.29, 0.717) is 23.5 Å². The van der Waals surface area contributed by atoms with E-state index in [4.69, 9.17) is 5.73 Å². The lowest BCUT2D eigenvalue weighted by Gasteiger charge is -2.32. The standard InChI is InChI=1S/C13H21N3O3S/c1-5-13(6-2,7-14)12(19)16(4)10-9(11(17)18)8(3)15-20-10/h5-7,14H2,1-4H3,(H,17,18). The molecule has 1 heterocycles. The first-order valence-corrected chi connectivity index (χ1v) is 7.29. The van der Waals surface area contributed by atoms with Crippen molar-refractivity contribution in [2.45, 2.75) is 33.6 Å². The molecule has 0 aliphatic rings. The van der Waals surface area contributed by atoms with Gasteiger partial charge in [0.15, 0.2) is 0 Å². The summed E-state index contributed by atoms with van der Waals surface area (Å²) in [6.45, 7) is 5.69. The fourth-order valence-corrected chi connectivity index (χ4v) is 3.06. The molecule has 0 atom stereocenters. The first-order valence-electron chi connectivity index (χ1n) is 6.52. The number of carboxylic acids is 1. The molecule has 112 valence electrons. The van der Waals surface area contributed by atoms with Gasteiger partial charge in [0.2, 0.25) is 5.91 Å². The van der Waals surface area contributed by atoms with Crippen molar-refractivity contribution in [1.29, 1.82) is 0 Å². The molecule has 0 aliphatic heterocycles. The summed E-state index contributed by atoms with van der Waals surface area (Å²) in [7, 11) is 1.58. The van der Waals surface area contributed by atoms with E-state index in [-0.39, 0.29) is 18.0 Å². The molecule has 3 N–H and O–H groups in total. The fourth-order valence-electron chi connectivity index (χ4n) is 2.21. The Morgan fingerprint density at radius 2 is 1.95 bits per heavy atom. The zero-order valence-electron chi connectivity index (χ0n) is 12.3. The van der Waals surface area contributed by atoms with E-state index in [0.717, 1.165) is 11.5 Å². The maximum atomic E-state index is 12.7. The summed E-state index contributed by atoms with van der Waals surface area (Å²) in [4.78, 5) is 25.4. The van der Waals surface area contributed by atoms with Crippen LogP contribution in [0.25, 0.3) is 0 Å². The van der Waals surface area contributed by atoms with Crippen molar-refractivity contribution in [2.24, 2.45) is 11.1 Å². The van der Waals surface area contributed by atoms with Crippen LogP contribution in [0.5, 0.6) is 0 Å². The largest absolute Gasteiger partial charge is 0.478 e. The zero-order valence-corrected chi connectivity index (χ0v) is 13.1. The van der Waals surface area contributed by atoms with Gasteiger partial charge in [-0.3, -0.25) is 4.79 Å². The topological polar surface area (TPSA) is 96.5 Å². The number of amides is 1. The second-order valence-electron chi connectivity index (χ2n) is 4.81. The van der Waals surface area contributed by atoms with E-state index in [2.05, 4.69) is 4.37 Å². The lowest BCUT2D eigenvalue weighted by molar-refractivity contribution is -0.127. The van der Waals surface area contributed by atoms with E-state index in [1.54, 1.807) is 14.0 Å². The molecule has 0 radical (unpaired) electrons. The van der Waals surface area contributed by atoms with Crippen LogP contribution in [0.15, 0.2) is 0 Å². The first kappa shape index (κ1) is 16.6. The summed E-state index contributed by atoms with van der Waals surface area (Å²) in [5.74, 6) is -1.23. The number of hydrogen-bond donors (Lipinski definition) is 2. The SMILES string of the molecule is CCC(CC)(CN)C(=O)N(C)c1snc(C)c1C(=O)O.